The molecule has 1 fully saturated rings. The first-order chi connectivity index (χ1) is 7.22. The largest absolute Gasteiger partial charge is 0.377 e. The second kappa shape index (κ2) is 3.95. The lowest BCUT2D eigenvalue weighted by molar-refractivity contribution is 0.0661. The fourth-order valence-corrected chi connectivity index (χ4v) is 1.55. The normalized spacial score (nSPS) is 25.7. The van der Waals surface area contributed by atoms with Gasteiger partial charge >= 0.3 is 0 Å². The smallest absolute Gasteiger partial charge is 0.270 e. The lowest BCUT2D eigenvalue weighted by Crippen LogP contribution is -2.24. The quantitative estimate of drug-likeness (QED) is 0.691. The molecule has 1 aliphatic rings. The number of hydrogen-bond donors (Lipinski definition) is 1. The number of nitrogens with two attached hydrogens (primary N) is 1. The Labute approximate surface area is 86.1 Å². The molecular weight excluding hydrogens is 200 g/mol. The van der Waals surface area contributed by atoms with Crippen LogP contribution in [-0.4, -0.2) is 47.3 Å². The molecule has 0 bridgehead atoms. The van der Waals surface area contributed by atoms with Crippen LogP contribution in [0.4, 0.5) is 0 Å². The maximum absolute atomic E-state index is 10.8. The first-order valence-corrected chi connectivity index (χ1v) is 4.54. The Kier molecular flexibility index (Phi) is 2.65. The molecule has 82 valence electrons. The Morgan fingerprint density at radius 3 is 3.13 bits per heavy atom. The van der Waals surface area contributed by atoms with Gasteiger partial charge in [-0.25, -0.2) is 4.68 Å². The molecule has 2 rings (SSSR count). The van der Waals surface area contributed by atoms with Crippen molar-refractivity contribution in [1.82, 2.24) is 15.0 Å². The Balaban J connectivity index is 2.18. The number of nitrogens with zero attached hydrogens (tertiary/aromatic N) is 3. The van der Waals surface area contributed by atoms with Gasteiger partial charge in [0.15, 0.2) is 5.69 Å². The Morgan fingerprint density at radius 1 is 1.73 bits per heavy atom. The topological polar surface area (TPSA) is 92.3 Å². The number of hydrogen-bond acceptors (Lipinski definition) is 5. The number of ether oxygens (including phenoxy) is 2. The van der Waals surface area contributed by atoms with Crippen molar-refractivity contribution >= 4 is 5.91 Å². The average molecular weight is 212 g/mol. The Bertz CT molecular complexity index is 365. The van der Waals surface area contributed by atoms with Crippen LogP contribution < -0.4 is 5.73 Å². The standard InChI is InChI=1S/C8H12N4O3/c1-14-7-4-15-3-6(7)12-2-5(8(9)13)10-11-12/h2,6-7H,3-4H2,1H3,(H2,9,13)/t6-,7-/m1/s1. The molecule has 7 nitrogen and oxygen atoms in total. The fourth-order valence-electron chi connectivity index (χ4n) is 1.55. The average Bonchev–Trinajstić information content (AvgIpc) is 2.85. The van der Waals surface area contributed by atoms with Crippen LogP contribution in [0.15, 0.2) is 6.20 Å². The monoisotopic (exact) mass is 212 g/mol. The lowest BCUT2D eigenvalue weighted by atomic mass is 10.2. The summed E-state index contributed by atoms with van der Waals surface area (Å²) in [5, 5.41) is 7.48. The molecule has 0 radical (unpaired) electrons. The van der Waals surface area contributed by atoms with E-state index in [9.17, 15) is 4.79 Å². The van der Waals surface area contributed by atoms with Crippen molar-refractivity contribution in [2.45, 2.75) is 12.1 Å². The molecule has 1 aromatic heterocycles. The minimum absolute atomic E-state index is 0.0457. The van der Waals surface area contributed by atoms with Gasteiger partial charge in [0.1, 0.15) is 12.1 Å². The number of carbonyl (C=O) groups is 1. The zero-order valence-electron chi connectivity index (χ0n) is 8.29. The van der Waals surface area contributed by atoms with Gasteiger partial charge in [-0.3, -0.25) is 4.79 Å². The third-order valence-electron chi connectivity index (χ3n) is 2.41. The maximum atomic E-state index is 10.8. The third-order valence-corrected chi connectivity index (χ3v) is 2.41. The Hall–Kier alpha value is -1.47. The van der Waals surface area contributed by atoms with E-state index in [4.69, 9.17) is 15.2 Å². The zero-order chi connectivity index (χ0) is 10.8. The van der Waals surface area contributed by atoms with E-state index in [1.165, 1.54) is 6.20 Å². The van der Waals surface area contributed by atoms with Gasteiger partial charge in [-0.05, 0) is 0 Å². The van der Waals surface area contributed by atoms with Gasteiger partial charge in [-0.1, -0.05) is 5.21 Å². The second-order valence-electron chi connectivity index (χ2n) is 3.33. The summed E-state index contributed by atoms with van der Waals surface area (Å²) in [5.74, 6) is -0.589. The van der Waals surface area contributed by atoms with Crippen LogP contribution in [0.1, 0.15) is 16.5 Å². The van der Waals surface area contributed by atoms with Gasteiger partial charge in [-0.15, -0.1) is 5.10 Å². The molecule has 1 aliphatic heterocycles. The first-order valence-electron chi connectivity index (χ1n) is 4.54. The molecule has 2 N–H and O–H groups in total. The molecule has 1 amide bonds. The van der Waals surface area contributed by atoms with E-state index in [1.807, 2.05) is 0 Å². The highest BCUT2D eigenvalue weighted by atomic mass is 16.5. The van der Waals surface area contributed by atoms with E-state index >= 15 is 0 Å². The molecule has 0 aliphatic carbocycles. The van der Waals surface area contributed by atoms with Gasteiger partial charge < -0.3 is 15.2 Å². The van der Waals surface area contributed by atoms with Gasteiger partial charge in [0.2, 0.25) is 0 Å². The van der Waals surface area contributed by atoms with Crippen LogP contribution in [-0.2, 0) is 9.47 Å². The minimum atomic E-state index is -0.589. The first kappa shape index (κ1) is 10.1. The van der Waals surface area contributed by atoms with E-state index < -0.39 is 5.91 Å². The van der Waals surface area contributed by atoms with Crippen molar-refractivity contribution < 1.29 is 14.3 Å². The van der Waals surface area contributed by atoms with Crippen LogP contribution in [0, 0.1) is 0 Å². The van der Waals surface area contributed by atoms with Gasteiger partial charge in [-0.2, -0.15) is 0 Å². The summed E-state index contributed by atoms with van der Waals surface area (Å²) < 4.78 is 12.0. The van der Waals surface area contributed by atoms with Crippen LogP contribution >= 0.6 is 0 Å². The van der Waals surface area contributed by atoms with Crippen molar-refractivity contribution in [3.05, 3.63) is 11.9 Å². The van der Waals surface area contributed by atoms with Crippen LogP contribution in [0.25, 0.3) is 0 Å². The highest BCUT2D eigenvalue weighted by molar-refractivity contribution is 5.90. The van der Waals surface area contributed by atoms with Crippen LogP contribution in [0.2, 0.25) is 0 Å². The maximum Gasteiger partial charge on any atom is 0.270 e. The van der Waals surface area contributed by atoms with E-state index in [0.29, 0.717) is 13.2 Å². The summed E-state index contributed by atoms with van der Waals surface area (Å²) in [6.45, 7) is 1.02. The number of carbonyl (C=O) groups excluding carboxylic acids is 1. The van der Waals surface area contributed by atoms with Crippen molar-refractivity contribution in [2.75, 3.05) is 20.3 Å². The van der Waals surface area contributed by atoms with Gasteiger partial charge in [0.05, 0.1) is 19.4 Å². The molecule has 0 aromatic carbocycles. The highest BCUT2D eigenvalue weighted by Crippen LogP contribution is 2.20. The van der Waals surface area contributed by atoms with E-state index in [2.05, 4.69) is 10.3 Å². The predicted molar refractivity (Wildman–Crippen MR) is 49.2 cm³/mol. The molecule has 1 saturated heterocycles. The summed E-state index contributed by atoms with van der Waals surface area (Å²) in [4.78, 5) is 10.8. The van der Waals surface area contributed by atoms with Crippen LogP contribution in [0.3, 0.4) is 0 Å². The highest BCUT2D eigenvalue weighted by Gasteiger charge is 2.30. The summed E-state index contributed by atoms with van der Waals surface area (Å²) in [6.07, 6.45) is 1.45. The molecule has 2 atom stereocenters. The van der Waals surface area contributed by atoms with Gasteiger partial charge in [0.25, 0.3) is 5.91 Å². The molecular formula is C8H12N4O3. The predicted octanol–water partition coefficient (Wildman–Crippen LogP) is -1.04. The summed E-state index contributed by atoms with van der Waals surface area (Å²) >= 11 is 0. The third kappa shape index (κ3) is 1.83. The zero-order valence-corrected chi connectivity index (χ0v) is 8.29. The summed E-state index contributed by atoms with van der Waals surface area (Å²) in [6, 6.07) is -0.0457. The van der Waals surface area contributed by atoms with Crippen LogP contribution in [0.5, 0.6) is 0 Å². The molecule has 0 unspecified atom stereocenters. The minimum Gasteiger partial charge on any atom is -0.377 e. The Morgan fingerprint density at radius 2 is 2.53 bits per heavy atom. The van der Waals surface area contributed by atoms with Crippen molar-refractivity contribution in [3.8, 4) is 0 Å². The molecule has 7 heteroatoms. The second-order valence-corrected chi connectivity index (χ2v) is 3.33. The lowest BCUT2D eigenvalue weighted by Gasteiger charge is -2.14. The molecule has 0 saturated carbocycles. The summed E-state index contributed by atoms with van der Waals surface area (Å²) in [7, 11) is 1.61. The molecule has 1 aromatic rings. The number of aromatic nitrogens is 3. The van der Waals surface area contributed by atoms with E-state index in [0.717, 1.165) is 0 Å². The number of rotatable bonds is 3. The SMILES string of the molecule is CO[C@@H]1COC[C@H]1n1cc(C(N)=O)nn1. The molecule has 15 heavy (non-hydrogen) atoms. The molecule has 2 heterocycles. The molecule has 0 spiro atoms. The number of methoxy groups -OCH3 is 1. The number of amides is 1. The van der Waals surface area contributed by atoms with E-state index in [-0.39, 0.29) is 17.8 Å². The summed E-state index contributed by atoms with van der Waals surface area (Å²) in [5.41, 5.74) is 5.23. The van der Waals surface area contributed by atoms with Gasteiger partial charge in [0, 0.05) is 7.11 Å². The van der Waals surface area contributed by atoms with Crippen molar-refractivity contribution in [2.24, 2.45) is 5.73 Å². The number of primary amides is 1. The van der Waals surface area contributed by atoms with E-state index in [1.54, 1.807) is 11.8 Å². The fraction of sp³-hybridized carbons (Fsp3) is 0.625. The van der Waals surface area contributed by atoms with Crippen molar-refractivity contribution in [3.63, 3.8) is 0 Å². The van der Waals surface area contributed by atoms with Crippen molar-refractivity contribution in [1.29, 1.82) is 0 Å².